The van der Waals surface area contributed by atoms with Crippen molar-refractivity contribution in [3.8, 4) is 0 Å². The zero-order valence-corrected chi connectivity index (χ0v) is 11.5. The number of carboxylic acids is 1. The number of carboxylic acid groups (broad SMARTS) is 1. The van der Waals surface area contributed by atoms with Crippen LogP contribution in [0.25, 0.3) is 0 Å². The van der Waals surface area contributed by atoms with E-state index in [-0.39, 0.29) is 17.6 Å². The Labute approximate surface area is 118 Å². The summed E-state index contributed by atoms with van der Waals surface area (Å²) in [6.07, 6.45) is 2.10. The molecule has 1 saturated heterocycles. The first-order chi connectivity index (χ1) is 9.61. The fourth-order valence-corrected chi connectivity index (χ4v) is 2.36. The molecule has 108 valence electrons. The first-order valence-electron chi connectivity index (χ1n) is 6.86. The summed E-state index contributed by atoms with van der Waals surface area (Å²) in [6.45, 7) is 3.81. The van der Waals surface area contributed by atoms with Gasteiger partial charge in [0, 0.05) is 25.3 Å². The number of likely N-dealkylation sites (N-methyl/N-ethyl adjacent to an activating group) is 1. The Morgan fingerprint density at radius 2 is 2.15 bits per heavy atom. The molecule has 0 saturated carbocycles. The second-order valence-corrected chi connectivity index (χ2v) is 4.86. The molecule has 1 fully saturated rings. The van der Waals surface area contributed by atoms with Crippen LogP contribution in [0.4, 0.5) is 0 Å². The lowest BCUT2D eigenvalue weighted by Gasteiger charge is -2.24. The van der Waals surface area contributed by atoms with Crippen molar-refractivity contribution in [3.05, 3.63) is 35.4 Å². The van der Waals surface area contributed by atoms with Gasteiger partial charge in [0.2, 0.25) is 0 Å². The molecular formula is C15H19NO4. The van der Waals surface area contributed by atoms with E-state index in [4.69, 9.17) is 9.84 Å². The highest BCUT2D eigenvalue weighted by atomic mass is 16.5. The van der Waals surface area contributed by atoms with Crippen LogP contribution < -0.4 is 0 Å². The lowest BCUT2D eigenvalue weighted by atomic mass is 10.1. The first kappa shape index (κ1) is 14.5. The SMILES string of the molecule is CCN(C[C@H]1CCCO1)C(=O)c1cccc(C(=O)O)c1. The molecule has 0 spiro atoms. The molecular weight excluding hydrogens is 258 g/mol. The molecule has 1 N–H and O–H groups in total. The summed E-state index contributed by atoms with van der Waals surface area (Å²) < 4.78 is 5.55. The maximum Gasteiger partial charge on any atom is 0.335 e. The Hall–Kier alpha value is -1.88. The van der Waals surface area contributed by atoms with E-state index < -0.39 is 5.97 Å². The van der Waals surface area contributed by atoms with Gasteiger partial charge in [-0.15, -0.1) is 0 Å². The number of benzene rings is 1. The van der Waals surface area contributed by atoms with Gasteiger partial charge in [-0.2, -0.15) is 0 Å². The largest absolute Gasteiger partial charge is 0.478 e. The van der Waals surface area contributed by atoms with Crippen molar-refractivity contribution < 1.29 is 19.4 Å². The van der Waals surface area contributed by atoms with E-state index in [0.717, 1.165) is 19.4 Å². The van der Waals surface area contributed by atoms with Crippen molar-refractivity contribution in [1.82, 2.24) is 4.90 Å². The minimum absolute atomic E-state index is 0.0987. The van der Waals surface area contributed by atoms with Gasteiger partial charge in [0.15, 0.2) is 0 Å². The van der Waals surface area contributed by atoms with Crippen molar-refractivity contribution in [1.29, 1.82) is 0 Å². The average molecular weight is 277 g/mol. The summed E-state index contributed by atoms with van der Waals surface area (Å²) in [7, 11) is 0. The number of hydrogen-bond acceptors (Lipinski definition) is 3. The van der Waals surface area contributed by atoms with Gasteiger partial charge in [0.05, 0.1) is 11.7 Å². The van der Waals surface area contributed by atoms with Crippen LogP contribution in [0, 0.1) is 0 Å². The van der Waals surface area contributed by atoms with Crippen molar-refractivity contribution in [3.63, 3.8) is 0 Å². The molecule has 1 aliphatic heterocycles. The highest BCUT2D eigenvalue weighted by Crippen LogP contribution is 2.15. The van der Waals surface area contributed by atoms with E-state index in [2.05, 4.69) is 0 Å². The number of rotatable bonds is 5. The van der Waals surface area contributed by atoms with E-state index >= 15 is 0 Å². The normalized spacial score (nSPS) is 17.9. The second-order valence-electron chi connectivity index (χ2n) is 4.86. The minimum atomic E-state index is -1.03. The fraction of sp³-hybridized carbons (Fsp3) is 0.467. The number of hydrogen-bond donors (Lipinski definition) is 1. The summed E-state index contributed by atoms with van der Waals surface area (Å²) in [5.74, 6) is -1.17. The van der Waals surface area contributed by atoms with E-state index in [1.54, 1.807) is 17.0 Å². The maximum absolute atomic E-state index is 12.4. The van der Waals surface area contributed by atoms with Crippen LogP contribution in [0.2, 0.25) is 0 Å². The van der Waals surface area contributed by atoms with Crippen molar-refractivity contribution in [2.24, 2.45) is 0 Å². The Bertz CT molecular complexity index is 494. The van der Waals surface area contributed by atoms with Gasteiger partial charge in [-0.05, 0) is 38.0 Å². The minimum Gasteiger partial charge on any atom is -0.478 e. The van der Waals surface area contributed by atoms with Gasteiger partial charge in [0.1, 0.15) is 0 Å². The lowest BCUT2D eigenvalue weighted by Crippen LogP contribution is -2.37. The maximum atomic E-state index is 12.4. The summed E-state index contributed by atoms with van der Waals surface area (Å²) in [5, 5.41) is 8.97. The zero-order chi connectivity index (χ0) is 14.5. The van der Waals surface area contributed by atoms with Crippen LogP contribution in [0.5, 0.6) is 0 Å². The molecule has 20 heavy (non-hydrogen) atoms. The molecule has 1 aromatic rings. The summed E-state index contributed by atoms with van der Waals surface area (Å²) >= 11 is 0. The number of carbonyl (C=O) groups excluding carboxylic acids is 1. The molecule has 0 radical (unpaired) electrons. The highest BCUT2D eigenvalue weighted by Gasteiger charge is 2.22. The van der Waals surface area contributed by atoms with Crippen LogP contribution in [0.3, 0.4) is 0 Å². The molecule has 0 bridgehead atoms. The molecule has 5 nitrogen and oxygen atoms in total. The first-order valence-corrected chi connectivity index (χ1v) is 6.86. The summed E-state index contributed by atoms with van der Waals surface area (Å²) in [4.78, 5) is 25.1. The Kier molecular flexibility index (Phi) is 4.74. The molecule has 2 rings (SSSR count). The molecule has 5 heteroatoms. The predicted octanol–water partition coefficient (Wildman–Crippen LogP) is 2.03. The number of amides is 1. The van der Waals surface area contributed by atoms with Gasteiger partial charge in [-0.3, -0.25) is 4.79 Å². The van der Waals surface area contributed by atoms with Crippen LogP contribution in [0.1, 0.15) is 40.5 Å². The summed E-state index contributed by atoms with van der Waals surface area (Å²) in [6, 6.07) is 6.14. The van der Waals surface area contributed by atoms with E-state index in [1.807, 2.05) is 6.92 Å². The van der Waals surface area contributed by atoms with E-state index in [9.17, 15) is 9.59 Å². The molecule has 0 unspecified atom stereocenters. The van der Waals surface area contributed by atoms with Crippen LogP contribution >= 0.6 is 0 Å². The van der Waals surface area contributed by atoms with Gasteiger partial charge in [-0.1, -0.05) is 6.07 Å². The molecule has 0 aromatic heterocycles. The number of carbonyl (C=O) groups is 2. The Morgan fingerprint density at radius 3 is 2.75 bits per heavy atom. The molecule has 1 amide bonds. The quantitative estimate of drug-likeness (QED) is 0.894. The predicted molar refractivity (Wildman–Crippen MR) is 74.0 cm³/mol. The fourth-order valence-electron chi connectivity index (χ4n) is 2.36. The Morgan fingerprint density at radius 1 is 1.40 bits per heavy atom. The topological polar surface area (TPSA) is 66.8 Å². The van der Waals surface area contributed by atoms with E-state index in [1.165, 1.54) is 12.1 Å². The Balaban J connectivity index is 2.10. The average Bonchev–Trinajstić information content (AvgIpc) is 2.97. The van der Waals surface area contributed by atoms with Crippen molar-refractivity contribution in [2.45, 2.75) is 25.9 Å². The van der Waals surface area contributed by atoms with Gasteiger partial charge in [0.25, 0.3) is 5.91 Å². The third kappa shape index (κ3) is 3.36. The third-order valence-electron chi connectivity index (χ3n) is 3.47. The molecule has 1 aromatic carbocycles. The molecule has 1 aliphatic rings. The van der Waals surface area contributed by atoms with Crippen LogP contribution in [0.15, 0.2) is 24.3 Å². The zero-order valence-electron chi connectivity index (χ0n) is 11.5. The third-order valence-corrected chi connectivity index (χ3v) is 3.47. The van der Waals surface area contributed by atoms with Gasteiger partial charge in [-0.25, -0.2) is 4.79 Å². The second kappa shape index (κ2) is 6.52. The number of aromatic carboxylic acids is 1. The molecule has 1 heterocycles. The molecule has 0 aliphatic carbocycles. The van der Waals surface area contributed by atoms with Crippen molar-refractivity contribution >= 4 is 11.9 Å². The number of ether oxygens (including phenoxy) is 1. The van der Waals surface area contributed by atoms with E-state index in [0.29, 0.717) is 18.7 Å². The monoisotopic (exact) mass is 277 g/mol. The van der Waals surface area contributed by atoms with Crippen LogP contribution in [-0.2, 0) is 4.74 Å². The van der Waals surface area contributed by atoms with Crippen LogP contribution in [-0.4, -0.2) is 47.7 Å². The molecule has 1 atom stereocenters. The van der Waals surface area contributed by atoms with Gasteiger partial charge < -0.3 is 14.7 Å². The standard InChI is InChI=1S/C15H19NO4/c1-2-16(10-13-7-4-8-20-13)14(17)11-5-3-6-12(9-11)15(18)19/h3,5-6,9,13H,2,4,7-8,10H2,1H3,(H,18,19)/t13-/m1/s1. The van der Waals surface area contributed by atoms with Gasteiger partial charge >= 0.3 is 5.97 Å². The van der Waals surface area contributed by atoms with Crippen molar-refractivity contribution in [2.75, 3.05) is 19.7 Å². The number of nitrogens with zero attached hydrogens (tertiary/aromatic N) is 1. The summed E-state index contributed by atoms with van der Waals surface area (Å²) in [5.41, 5.74) is 0.536. The smallest absolute Gasteiger partial charge is 0.335 e. The lowest BCUT2D eigenvalue weighted by molar-refractivity contribution is 0.0539. The highest BCUT2D eigenvalue weighted by molar-refractivity contribution is 5.97.